The van der Waals surface area contributed by atoms with Gasteiger partial charge in [-0.2, -0.15) is 0 Å². The monoisotopic (exact) mass is 478 g/mol. The standard InChI is InChI=1S/C30H30N4O2/c1-22-8-5-6-12-26(22)27-21-32-30(24-9-7-16-31-20-24)33-29(27)23-13-17-34(18-14-23)28(35)15-19-36-25-10-3-2-4-11-25/h2-12,16,20-21,23H,13-15,17-19H2,1H3. The van der Waals surface area contributed by atoms with E-state index in [0.29, 0.717) is 31.9 Å². The minimum atomic E-state index is 0.141. The number of benzene rings is 2. The summed E-state index contributed by atoms with van der Waals surface area (Å²) in [5, 5.41) is 0. The van der Waals surface area contributed by atoms with Crippen LogP contribution in [0.15, 0.2) is 85.3 Å². The molecule has 5 rings (SSSR count). The summed E-state index contributed by atoms with van der Waals surface area (Å²) in [5.41, 5.74) is 5.38. The van der Waals surface area contributed by atoms with Gasteiger partial charge in [-0.3, -0.25) is 9.78 Å². The molecule has 0 N–H and O–H groups in total. The van der Waals surface area contributed by atoms with Gasteiger partial charge in [0.1, 0.15) is 5.75 Å². The summed E-state index contributed by atoms with van der Waals surface area (Å²) in [6.45, 7) is 3.94. The first-order valence-corrected chi connectivity index (χ1v) is 12.5. The summed E-state index contributed by atoms with van der Waals surface area (Å²) in [5.74, 6) is 1.87. The van der Waals surface area contributed by atoms with Crippen molar-refractivity contribution in [2.75, 3.05) is 19.7 Å². The second-order valence-electron chi connectivity index (χ2n) is 9.12. The Morgan fingerprint density at radius 2 is 1.72 bits per heavy atom. The number of carbonyl (C=O) groups excluding carboxylic acids is 1. The third-order valence-corrected chi connectivity index (χ3v) is 6.74. The number of rotatable bonds is 7. The highest BCUT2D eigenvalue weighted by atomic mass is 16.5. The molecular weight excluding hydrogens is 448 g/mol. The molecule has 2 aromatic carbocycles. The molecule has 6 nitrogen and oxygen atoms in total. The van der Waals surface area contributed by atoms with Gasteiger partial charge in [-0.25, -0.2) is 9.97 Å². The molecule has 36 heavy (non-hydrogen) atoms. The minimum absolute atomic E-state index is 0.141. The number of amides is 1. The zero-order chi connectivity index (χ0) is 24.7. The van der Waals surface area contributed by atoms with Crippen molar-refractivity contribution < 1.29 is 9.53 Å². The van der Waals surface area contributed by atoms with Crippen molar-refractivity contribution in [2.24, 2.45) is 0 Å². The number of aromatic nitrogens is 3. The summed E-state index contributed by atoms with van der Waals surface area (Å²) in [6.07, 6.45) is 7.62. The maximum atomic E-state index is 12.8. The van der Waals surface area contributed by atoms with Gasteiger partial charge in [0.2, 0.25) is 5.91 Å². The van der Waals surface area contributed by atoms with E-state index >= 15 is 0 Å². The molecule has 2 aromatic heterocycles. The Balaban J connectivity index is 1.31. The lowest BCUT2D eigenvalue weighted by molar-refractivity contribution is -0.132. The molecule has 1 saturated heterocycles. The lowest BCUT2D eigenvalue weighted by Gasteiger charge is -2.32. The van der Waals surface area contributed by atoms with Crippen LogP contribution in [0.5, 0.6) is 5.75 Å². The zero-order valence-electron chi connectivity index (χ0n) is 20.5. The Morgan fingerprint density at radius 3 is 2.47 bits per heavy atom. The van der Waals surface area contributed by atoms with Crippen molar-refractivity contribution in [3.8, 4) is 28.3 Å². The van der Waals surface area contributed by atoms with E-state index in [0.717, 1.165) is 41.0 Å². The number of para-hydroxylation sites is 1. The molecule has 0 radical (unpaired) electrons. The molecule has 1 aliphatic rings. The number of likely N-dealkylation sites (tertiary alicyclic amines) is 1. The highest BCUT2D eigenvalue weighted by Crippen LogP contribution is 2.36. The predicted molar refractivity (Wildman–Crippen MR) is 141 cm³/mol. The number of carbonyl (C=O) groups is 1. The summed E-state index contributed by atoms with van der Waals surface area (Å²) < 4.78 is 5.72. The Morgan fingerprint density at radius 1 is 0.944 bits per heavy atom. The molecular formula is C30H30N4O2. The second kappa shape index (κ2) is 11.1. The Bertz CT molecular complexity index is 1300. The molecule has 3 heterocycles. The molecule has 0 aliphatic carbocycles. The van der Waals surface area contributed by atoms with Crippen LogP contribution in [0.1, 0.15) is 36.4 Å². The molecule has 0 bridgehead atoms. The van der Waals surface area contributed by atoms with Gasteiger partial charge in [0.25, 0.3) is 0 Å². The Hall–Kier alpha value is -4.06. The highest BCUT2D eigenvalue weighted by molar-refractivity contribution is 5.76. The molecule has 0 saturated carbocycles. The normalized spacial score (nSPS) is 14.0. The first-order valence-electron chi connectivity index (χ1n) is 12.5. The van der Waals surface area contributed by atoms with Crippen LogP contribution in [0.25, 0.3) is 22.5 Å². The van der Waals surface area contributed by atoms with Gasteiger partial charge >= 0.3 is 0 Å². The quantitative estimate of drug-likeness (QED) is 0.341. The van der Waals surface area contributed by atoms with Crippen LogP contribution in [-0.2, 0) is 4.79 Å². The fourth-order valence-electron chi connectivity index (χ4n) is 4.76. The minimum Gasteiger partial charge on any atom is -0.493 e. The van der Waals surface area contributed by atoms with E-state index in [1.165, 1.54) is 5.56 Å². The van der Waals surface area contributed by atoms with E-state index in [1.54, 1.807) is 12.4 Å². The smallest absolute Gasteiger partial charge is 0.225 e. The van der Waals surface area contributed by atoms with E-state index in [9.17, 15) is 4.79 Å². The summed E-state index contributed by atoms with van der Waals surface area (Å²) >= 11 is 0. The number of ether oxygens (including phenoxy) is 1. The molecule has 1 aliphatic heterocycles. The van der Waals surface area contributed by atoms with Gasteiger partial charge in [-0.1, -0.05) is 42.5 Å². The van der Waals surface area contributed by atoms with E-state index in [-0.39, 0.29) is 11.8 Å². The number of piperidine rings is 1. The molecule has 1 fully saturated rings. The summed E-state index contributed by atoms with van der Waals surface area (Å²) in [4.78, 5) is 28.8. The molecule has 6 heteroatoms. The van der Waals surface area contributed by atoms with Crippen LogP contribution in [0.4, 0.5) is 0 Å². The maximum Gasteiger partial charge on any atom is 0.225 e. The van der Waals surface area contributed by atoms with Gasteiger partial charge in [0.15, 0.2) is 5.82 Å². The Kier molecular flexibility index (Phi) is 7.31. The summed E-state index contributed by atoms with van der Waals surface area (Å²) in [6, 6.07) is 21.9. The maximum absolute atomic E-state index is 12.8. The summed E-state index contributed by atoms with van der Waals surface area (Å²) in [7, 11) is 0. The van der Waals surface area contributed by atoms with Crippen molar-refractivity contribution >= 4 is 5.91 Å². The number of hydrogen-bond acceptors (Lipinski definition) is 5. The van der Waals surface area contributed by atoms with Gasteiger partial charge in [0.05, 0.1) is 18.7 Å². The second-order valence-corrected chi connectivity index (χ2v) is 9.12. The van der Waals surface area contributed by atoms with E-state index in [4.69, 9.17) is 14.7 Å². The number of aryl methyl sites for hydroxylation is 1. The molecule has 0 spiro atoms. The number of nitrogens with zero attached hydrogens (tertiary/aromatic N) is 4. The van der Waals surface area contributed by atoms with E-state index < -0.39 is 0 Å². The van der Waals surface area contributed by atoms with Crippen molar-refractivity contribution in [1.82, 2.24) is 19.9 Å². The number of hydrogen-bond donors (Lipinski definition) is 0. The first-order chi connectivity index (χ1) is 17.7. The average molecular weight is 479 g/mol. The van der Waals surface area contributed by atoms with Gasteiger partial charge in [0, 0.05) is 48.7 Å². The lowest BCUT2D eigenvalue weighted by atomic mass is 9.87. The molecule has 182 valence electrons. The largest absolute Gasteiger partial charge is 0.493 e. The predicted octanol–water partition coefficient (Wildman–Crippen LogP) is 5.69. The fourth-order valence-corrected chi connectivity index (χ4v) is 4.76. The first kappa shape index (κ1) is 23.7. The van der Waals surface area contributed by atoms with Crippen LogP contribution in [-0.4, -0.2) is 45.5 Å². The average Bonchev–Trinajstić information content (AvgIpc) is 2.94. The third kappa shape index (κ3) is 5.43. The highest BCUT2D eigenvalue weighted by Gasteiger charge is 2.27. The molecule has 0 unspecified atom stereocenters. The zero-order valence-corrected chi connectivity index (χ0v) is 20.5. The van der Waals surface area contributed by atoms with Gasteiger partial charge < -0.3 is 9.64 Å². The lowest BCUT2D eigenvalue weighted by Crippen LogP contribution is -2.38. The van der Waals surface area contributed by atoms with Crippen molar-refractivity contribution in [1.29, 1.82) is 0 Å². The molecule has 4 aromatic rings. The van der Waals surface area contributed by atoms with Crippen molar-refractivity contribution in [3.63, 3.8) is 0 Å². The van der Waals surface area contributed by atoms with Crippen LogP contribution >= 0.6 is 0 Å². The van der Waals surface area contributed by atoms with Crippen molar-refractivity contribution in [3.05, 3.63) is 96.6 Å². The van der Waals surface area contributed by atoms with Crippen LogP contribution < -0.4 is 4.74 Å². The van der Waals surface area contributed by atoms with Crippen LogP contribution in [0.3, 0.4) is 0 Å². The van der Waals surface area contributed by atoms with Crippen LogP contribution in [0, 0.1) is 6.92 Å². The fraction of sp³-hybridized carbons (Fsp3) is 0.267. The van der Waals surface area contributed by atoms with Crippen molar-refractivity contribution in [2.45, 2.75) is 32.1 Å². The number of pyridine rings is 1. The van der Waals surface area contributed by atoms with Gasteiger partial charge in [-0.15, -0.1) is 0 Å². The van der Waals surface area contributed by atoms with Crippen LogP contribution in [0.2, 0.25) is 0 Å². The third-order valence-electron chi connectivity index (χ3n) is 6.74. The van der Waals surface area contributed by atoms with Gasteiger partial charge in [-0.05, 0) is 55.2 Å². The topological polar surface area (TPSA) is 68.2 Å². The Labute approximate surface area is 212 Å². The van der Waals surface area contributed by atoms with E-state index in [2.05, 4.69) is 36.2 Å². The SMILES string of the molecule is Cc1ccccc1-c1cnc(-c2cccnc2)nc1C1CCN(C(=O)CCOc2ccccc2)CC1. The van der Waals surface area contributed by atoms with E-state index in [1.807, 2.05) is 53.6 Å². The molecule has 0 atom stereocenters. The molecule has 1 amide bonds.